The molecule has 134 valence electrons. The van der Waals surface area contributed by atoms with Gasteiger partial charge in [0, 0.05) is 11.8 Å². The number of nitrogens with zero attached hydrogens (tertiary/aromatic N) is 1. The zero-order valence-corrected chi connectivity index (χ0v) is 15.9. The molecular weight excluding hydrogens is 405 g/mol. The van der Waals surface area contributed by atoms with Crippen LogP contribution in [0.1, 0.15) is 30.4 Å². The molecule has 0 saturated heterocycles. The number of aryl methyl sites for hydroxylation is 1. The molecule has 1 saturated carbocycles. The minimum absolute atomic E-state index is 0.0561. The van der Waals surface area contributed by atoms with Crippen LogP contribution >= 0.6 is 18.6 Å². The number of aliphatic imine (C=N–C) groups is 1. The van der Waals surface area contributed by atoms with Crippen LogP contribution in [0.5, 0.6) is 5.75 Å². The molecule has 2 nitrogen and oxygen atoms in total. The predicted octanol–water partition coefficient (Wildman–Crippen LogP) is 5.57. The van der Waals surface area contributed by atoms with E-state index in [1.165, 1.54) is 6.21 Å². The zero-order valence-electron chi connectivity index (χ0n) is 12.8. The summed E-state index contributed by atoms with van der Waals surface area (Å²) in [4.78, 5) is 4.03. The average molecular weight is 422 g/mol. The van der Waals surface area contributed by atoms with Gasteiger partial charge in [-0.15, -0.1) is 0 Å². The molecule has 9 heteroatoms. The summed E-state index contributed by atoms with van der Waals surface area (Å²) in [5, 5.41) is 9.81. The minimum atomic E-state index is -4.34. The van der Waals surface area contributed by atoms with Crippen LogP contribution in [0.4, 0.5) is 17.6 Å². The fourth-order valence-corrected chi connectivity index (χ4v) is 2.53. The quantitative estimate of drug-likeness (QED) is 0.378. The van der Waals surface area contributed by atoms with Gasteiger partial charge >= 0.3 is 41.8 Å². The molecule has 24 heavy (non-hydrogen) atoms. The van der Waals surface area contributed by atoms with Gasteiger partial charge in [-0.25, -0.2) is 4.39 Å². The van der Waals surface area contributed by atoms with E-state index < -0.39 is 47.8 Å². The number of hydrogen-bond donors (Lipinski definition) is 1. The first-order chi connectivity index (χ1) is 11.2. The molecule has 0 heterocycles. The Morgan fingerprint density at radius 2 is 1.92 bits per heavy atom. The molecule has 1 N–H and O–H groups in total. The number of halogens is 6. The van der Waals surface area contributed by atoms with Gasteiger partial charge in [-0.1, -0.05) is 12.1 Å². The molecule has 0 spiro atoms. The van der Waals surface area contributed by atoms with E-state index in [9.17, 15) is 22.7 Å². The zero-order chi connectivity index (χ0) is 18.3. The van der Waals surface area contributed by atoms with E-state index in [-0.39, 0.29) is 18.6 Å². The number of alkyl halides is 4. The normalized spacial score (nSPS) is 24.4. The van der Waals surface area contributed by atoms with Crippen LogP contribution in [-0.2, 0) is 17.0 Å². The van der Waals surface area contributed by atoms with Gasteiger partial charge in [0.25, 0.3) is 0 Å². The van der Waals surface area contributed by atoms with Crippen molar-refractivity contribution in [1.29, 1.82) is 0 Å². The second kappa shape index (κ2) is 10.00. The molecule has 0 bridgehead atoms. The van der Waals surface area contributed by atoms with Crippen molar-refractivity contribution in [2.75, 3.05) is 0 Å². The van der Waals surface area contributed by atoms with Crippen LogP contribution in [0, 0.1) is 12.8 Å². The Labute approximate surface area is 154 Å². The topological polar surface area (TPSA) is 32.6 Å². The number of para-hydroxylation sites is 1. The molecule has 1 aliphatic carbocycles. The SMILES string of the molecule is Cc1cccc(C=NC2CCC(C(F)(F)F)CC2F)c1O.[Cl][Ti][Cl]. The van der Waals surface area contributed by atoms with E-state index in [0.717, 1.165) is 0 Å². The van der Waals surface area contributed by atoms with E-state index >= 15 is 0 Å². The molecule has 3 unspecified atom stereocenters. The summed E-state index contributed by atoms with van der Waals surface area (Å²) in [6.07, 6.45) is -5.18. The van der Waals surface area contributed by atoms with Gasteiger partial charge in [-0.3, -0.25) is 4.99 Å². The summed E-state index contributed by atoms with van der Waals surface area (Å²) < 4.78 is 51.5. The van der Waals surface area contributed by atoms with Gasteiger partial charge in [-0.2, -0.15) is 13.2 Å². The van der Waals surface area contributed by atoms with Crippen LogP contribution < -0.4 is 0 Å². The standard InChI is InChI=1S/C15H17F4NO.2ClH.Ti/c1-9-3-2-4-10(14(9)21)8-20-13-6-5-11(7-12(13)16)15(17,18)19;;;/h2-4,8,11-13,21H,5-7H2,1H3;2*1H;/q;;;+2/p-2. The fourth-order valence-electron chi connectivity index (χ4n) is 2.53. The van der Waals surface area contributed by atoms with Crippen LogP contribution in [0.2, 0.25) is 0 Å². The van der Waals surface area contributed by atoms with E-state index in [0.29, 0.717) is 11.1 Å². The summed E-state index contributed by atoms with van der Waals surface area (Å²) in [7, 11) is 9.78. The van der Waals surface area contributed by atoms with Crippen LogP contribution in [0.15, 0.2) is 23.2 Å². The molecule has 0 aromatic heterocycles. The molecule has 1 fully saturated rings. The third-order valence-electron chi connectivity index (χ3n) is 3.88. The first-order valence-corrected chi connectivity index (χ1v) is 11.5. The van der Waals surface area contributed by atoms with E-state index in [2.05, 4.69) is 4.99 Å². The molecule has 3 atom stereocenters. The molecule has 1 aromatic rings. The average Bonchev–Trinajstić information content (AvgIpc) is 2.49. The second-order valence-electron chi connectivity index (χ2n) is 5.50. The monoisotopic (exact) mass is 421 g/mol. The number of phenols is 1. The maximum atomic E-state index is 13.8. The van der Waals surface area contributed by atoms with Crippen molar-refractivity contribution in [3.8, 4) is 5.75 Å². The van der Waals surface area contributed by atoms with E-state index in [4.69, 9.17) is 18.6 Å². The Morgan fingerprint density at radius 3 is 2.46 bits per heavy atom. The maximum absolute atomic E-state index is 13.8. The molecule has 2 rings (SSSR count). The summed E-state index contributed by atoms with van der Waals surface area (Å²) in [5.74, 6) is -1.52. The first-order valence-electron chi connectivity index (χ1n) is 7.19. The van der Waals surface area contributed by atoms with Crippen molar-refractivity contribution in [3.63, 3.8) is 0 Å². The van der Waals surface area contributed by atoms with E-state index in [1.54, 1.807) is 25.1 Å². The molecule has 1 aromatic carbocycles. The van der Waals surface area contributed by atoms with Crippen molar-refractivity contribution >= 4 is 24.8 Å². The third kappa shape index (κ3) is 6.54. The van der Waals surface area contributed by atoms with Crippen molar-refractivity contribution in [2.45, 2.75) is 44.6 Å². The molecule has 0 amide bonds. The Balaban J connectivity index is 0.000000891. The van der Waals surface area contributed by atoms with Gasteiger partial charge in [0.05, 0.1) is 12.0 Å². The van der Waals surface area contributed by atoms with Gasteiger partial charge in [0.1, 0.15) is 11.9 Å². The summed E-state index contributed by atoms with van der Waals surface area (Å²) in [6.45, 7) is 1.72. The molecule has 0 aliphatic heterocycles. The molecular formula is C15H17Cl2F4NOTi. The third-order valence-corrected chi connectivity index (χ3v) is 3.88. The van der Waals surface area contributed by atoms with Crippen LogP contribution in [0.3, 0.4) is 0 Å². The van der Waals surface area contributed by atoms with E-state index in [1.807, 2.05) is 0 Å². The Kier molecular flexibility index (Phi) is 9.06. The van der Waals surface area contributed by atoms with Gasteiger partial charge in [0.15, 0.2) is 0 Å². The van der Waals surface area contributed by atoms with Crippen molar-refractivity contribution < 1.29 is 39.7 Å². The first kappa shape index (κ1) is 21.7. The number of rotatable bonds is 2. The fraction of sp³-hybridized carbons (Fsp3) is 0.533. The molecule has 0 radical (unpaired) electrons. The number of phenolic OH excluding ortho intramolecular Hbond substituents is 1. The van der Waals surface area contributed by atoms with Crippen LogP contribution in [0.25, 0.3) is 0 Å². The van der Waals surface area contributed by atoms with Gasteiger partial charge < -0.3 is 5.11 Å². The van der Waals surface area contributed by atoms with Crippen molar-refractivity contribution in [1.82, 2.24) is 0 Å². The van der Waals surface area contributed by atoms with Crippen LogP contribution in [-0.4, -0.2) is 29.7 Å². The Hall–Kier alpha value is -0.296. The Morgan fingerprint density at radius 1 is 1.29 bits per heavy atom. The summed E-state index contributed by atoms with van der Waals surface area (Å²) in [6, 6.07) is 4.30. The van der Waals surface area contributed by atoms with Crippen molar-refractivity contribution in [3.05, 3.63) is 29.3 Å². The summed E-state index contributed by atoms with van der Waals surface area (Å²) >= 11 is -0.556. The van der Waals surface area contributed by atoms with Gasteiger partial charge in [-0.05, 0) is 37.8 Å². The number of aromatic hydroxyl groups is 1. The molecule has 1 aliphatic rings. The number of hydrogen-bond acceptors (Lipinski definition) is 2. The number of benzene rings is 1. The predicted molar refractivity (Wildman–Crippen MR) is 84.2 cm³/mol. The summed E-state index contributed by atoms with van der Waals surface area (Å²) in [5.41, 5.74) is 1.11. The van der Waals surface area contributed by atoms with Gasteiger partial charge in [0.2, 0.25) is 0 Å². The second-order valence-corrected chi connectivity index (χ2v) is 8.08. The van der Waals surface area contributed by atoms with Crippen molar-refractivity contribution in [2.24, 2.45) is 10.9 Å². The Bertz CT molecular complexity index is 557.